The maximum Gasteiger partial charge on any atom is 0.288 e. The molecule has 1 saturated heterocycles. The van der Waals surface area contributed by atoms with Crippen LogP contribution in [-0.4, -0.2) is 62.5 Å². The first-order valence-electron chi connectivity index (χ1n) is 9.02. The summed E-state index contributed by atoms with van der Waals surface area (Å²) < 4.78 is 27.2. The van der Waals surface area contributed by atoms with Gasteiger partial charge in [-0.15, -0.1) is 0 Å². The van der Waals surface area contributed by atoms with Gasteiger partial charge < -0.3 is 9.80 Å². The molecular weight excluding hydrogens is 398 g/mol. The molecule has 0 unspecified atom stereocenters. The van der Waals surface area contributed by atoms with Crippen LogP contribution in [0, 0.1) is 0 Å². The van der Waals surface area contributed by atoms with Gasteiger partial charge in [0.25, 0.3) is 11.7 Å². The van der Waals surface area contributed by atoms with Crippen LogP contribution in [0.5, 0.6) is 0 Å². The van der Waals surface area contributed by atoms with Crippen molar-refractivity contribution in [2.75, 3.05) is 31.1 Å². The molecule has 0 N–H and O–H groups in total. The van der Waals surface area contributed by atoms with Gasteiger partial charge in [0, 0.05) is 49.5 Å². The molecule has 150 valence electrons. The fourth-order valence-corrected chi connectivity index (χ4v) is 3.82. The molecule has 3 aromatic rings. The first kappa shape index (κ1) is 19.3. The lowest BCUT2D eigenvalue weighted by atomic mass is 10.2. The third kappa shape index (κ3) is 4.37. The summed E-state index contributed by atoms with van der Waals surface area (Å²) in [5.41, 5.74) is 0.314. The monoisotopic (exact) mass is 416 g/mol. The molecule has 1 aromatic carbocycles. The van der Waals surface area contributed by atoms with Gasteiger partial charge in [0.1, 0.15) is 12.1 Å². The van der Waals surface area contributed by atoms with E-state index in [1.54, 1.807) is 46.2 Å². The average molecular weight is 416 g/mol. The summed E-state index contributed by atoms with van der Waals surface area (Å²) >= 11 is 0.399. The zero-order chi connectivity index (χ0) is 20.2. The third-order valence-electron chi connectivity index (χ3n) is 4.60. The number of alkyl halides is 2. The number of thioether (sulfide) groups is 1. The number of piperazine rings is 1. The van der Waals surface area contributed by atoms with Gasteiger partial charge in [-0.25, -0.2) is 14.6 Å². The predicted octanol–water partition coefficient (Wildman–Crippen LogP) is 2.94. The van der Waals surface area contributed by atoms with Crippen LogP contribution in [0.3, 0.4) is 0 Å². The molecule has 1 aliphatic rings. The highest BCUT2D eigenvalue weighted by atomic mass is 32.2. The van der Waals surface area contributed by atoms with Crippen LogP contribution in [0.2, 0.25) is 0 Å². The second kappa shape index (κ2) is 8.56. The van der Waals surface area contributed by atoms with Crippen LogP contribution in [0.1, 0.15) is 10.4 Å². The van der Waals surface area contributed by atoms with Gasteiger partial charge in [-0.3, -0.25) is 4.79 Å². The molecule has 1 aliphatic heterocycles. The molecule has 0 radical (unpaired) electrons. The van der Waals surface area contributed by atoms with E-state index in [4.69, 9.17) is 0 Å². The predicted molar refractivity (Wildman–Crippen MR) is 106 cm³/mol. The molecule has 1 fully saturated rings. The van der Waals surface area contributed by atoms with E-state index in [2.05, 4.69) is 20.0 Å². The number of anilines is 1. The second-order valence-electron chi connectivity index (χ2n) is 6.34. The lowest BCUT2D eigenvalue weighted by Gasteiger charge is -2.35. The van der Waals surface area contributed by atoms with Crippen molar-refractivity contribution in [1.29, 1.82) is 0 Å². The second-order valence-corrected chi connectivity index (χ2v) is 7.37. The van der Waals surface area contributed by atoms with Crippen LogP contribution in [0.25, 0.3) is 5.82 Å². The molecular formula is C19H18F2N6OS. The van der Waals surface area contributed by atoms with Gasteiger partial charge in [0.15, 0.2) is 5.82 Å². The summed E-state index contributed by atoms with van der Waals surface area (Å²) in [6.45, 7) is 2.14. The Kier molecular flexibility index (Phi) is 5.70. The summed E-state index contributed by atoms with van der Waals surface area (Å²) in [5.74, 6) is -1.38. The fraction of sp³-hybridized carbons (Fsp3) is 0.263. The van der Waals surface area contributed by atoms with E-state index in [0.717, 1.165) is 5.82 Å². The Labute approximate surface area is 170 Å². The van der Waals surface area contributed by atoms with E-state index < -0.39 is 5.76 Å². The van der Waals surface area contributed by atoms with E-state index in [0.29, 0.717) is 54.2 Å². The standard InChI is InChI=1S/C19H18F2N6OS/c20-19(21)29-15-5-2-1-4-14(15)18(28)26-10-8-25(9-11-26)16-12-17(23-13-22-16)27-7-3-6-24-27/h1-7,12-13,19H,8-11H2. The van der Waals surface area contributed by atoms with Gasteiger partial charge in [-0.2, -0.15) is 13.9 Å². The number of halogens is 2. The van der Waals surface area contributed by atoms with Crippen molar-refractivity contribution in [2.24, 2.45) is 0 Å². The number of carbonyl (C=O) groups excluding carboxylic acids is 1. The quantitative estimate of drug-likeness (QED) is 0.596. The Morgan fingerprint density at radius 3 is 2.52 bits per heavy atom. The van der Waals surface area contributed by atoms with E-state index >= 15 is 0 Å². The summed E-state index contributed by atoms with van der Waals surface area (Å²) in [4.78, 5) is 25.5. The number of carbonyl (C=O) groups is 1. The highest BCUT2D eigenvalue weighted by Crippen LogP contribution is 2.29. The van der Waals surface area contributed by atoms with Crippen molar-refractivity contribution in [3.63, 3.8) is 0 Å². The molecule has 0 aliphatic carbocycles. The van der Waals surface area contributed by atoms with Crippen molar-refractivity contribution in [1.82, 2.24) is 24.6 Å². The SMILES string of the molecule is O=C(c1ccccc1SC(F)F)N1CCN(c2cc(-n3cccn3)ncn2)CC1. The van der Waals surface area contributed by atoms with Crippen molar-refractivity contribution < 1.29 is 13.6 Å². The van der Waals surface area contributed by atoms with Gasteiger partial charge in [0.2, 0.25) is 0 Å². The molecule has 1 amide bonds. The van der Waals surface area contributed by atoms with Crippen LogP contribution in [-0.2, 0) is 0 Å². The molecule has 10 heteroatoms. The summed E-state index contributed by atoms with van der Waals surface area (Å²) in [6.07, 6.45) is 4.97. The molecule has 2 aromatic heterocycles. The van der Waals surface area contributed by atoms with Crippen molar-refractivity contribution in [2.45, 2.75) is 10.7 Å². The molecule has 0 atom stereocenters. The number of benzene rings is 1. The zero-order valence-corrected chi connectivity index (χ0v) is 16.2. The summed E-state index contributed by atoms with van der Waals surface area (Å²) in [5, 5.41) is 4.17. The van der Waals surface area contributed by atoms with Crippen LogP contribution in [0.15, 0.2) is 60.0 Å². The Balaban J connectivity index is 1.44. The van der Waals surface area contributed by atoms with Crippen LogP contribution in [0.4, 0.5) is 14.6 Å². The Morgan fingerprint density at radius 2 is 1.79 bits per heavy atom. The Morgan fingerprint density at radius 1 is 1.03 bits per heavy atom. The minimum absolute atomic E-state index is 0.228. The normalized spacial score (nSPS) is 14.4. The van der Waals surface area contributed by atoms with E-state index in [-0.39, 0.29) is 5.91 Å². The van der Waals surface area contributed by atoms with Gasteiger partial charge in [-0.1, -0.05) is 23.9 Å². The average Bonchev–Trinajstić information content (AvgIpc) is 3.29. The number of rotatable bonds is 5. The lowest BCUT2D eigenvalue weighted by molar-refractivity contribution is 0.0743. The van der Waals surface area contributed by atoms with Crippen LogP contribution < -0.4 is 4.90 Å². The molecule has 0 saturated carbocycles. The smallest absolute Gasteiger partial charge is 0.288 e. The summed E-state index contributed by atoms with van der Waals surface area (Å²) in [7, 11) is 0. The Hall–Kier alpha value is -3.01. The van der Waals surface area contributed by atoms with E-state index in [9.17, 15) is 13.6 Å². The summed E-state index contributed by atoms with van der Waals surface area (Å²) in [6, 6.07) is 10.2. The highest BCUT2D eigenvalue weighted by molar-refractivity contribution is 7.99. The molecule has 0 bridgehead atoms. The maximum atomic E-state index is 12.9. The van der Waals surface area contributed by atoms with E-state index in [1.165, 1.54) is 6.33 Å². The number of nitrogens with zero attached hydrogens (tertiary/aromatic N) is 6. The van der Waals surface area contributed by atoms with Gasteiger partial charge in [0.05, 0.1) is 5.56 Å². The van der Waals surface area contributed by atoms with Gasteiger partial charge >= 0.3 is 0 Å². The zero-order valence-electron chi connectivity index (χ0n) is 15.4. The first-order valence-corrected chi connectivity index (χ1v) is 9.90. The molecule has 4 rings (SSSR count). The minimum atomic E-state index is -2.57. The number of aromatic nitrogens is 4. The molecule has 7 nitrogen and oxygen atoms in total. The van der Waals surface area contributed by atoms with Crippen molar-refractivity contribution in [3.05, 3.63) is 60.7 Å². The van der Waals surface area contributed by atoms with Crippen molar-refractivity contribution in [3.8, 4) is 5.82 Å². The first-order chi connectivity index (χ1) is 14.1. The topological polar surface area (TPSA) is 67.2 Å². The minimum Gasteiger partial charge on any atom is -0.353 e. The molecule has 29 heavy (non-hydrogen) atoms. The third-order valence-corrected chi connectivity index (χ3v) is 5.39. The Bertz CT molecular complexity index is 976. The maximum absolute atomic E-state index is 12.9. The van der Waals surface area contributed by atoms with Gasteiger partial charge in [-0.05, 0) is 18.2 Å². The number of hydrogen-bond acceptors (Lipinski definition) is 6. The largest absolute Gasteiger partial charge is 0.353 e. The van der Waals surface area contributed by atoms with Crippen molar-refractivity contribution >= 4 is 23.5 Å². The highest BCUT2D eigenvalue weighted by Gasteiger charge is 2.25. The number of amides is 1. The van der Waals surface area contributed by atoms with Crippen LogP contribution >= 0.6 is 11.8 Å². The number of hydrogen-bond donors (Lipinski definition) is 0. The molecule has 3 heterocycles. The van der Waals surface area contributed by atoms with E-state index in [1.807, 2.05) is 12.1 Å². The lowest BCUT2D eigenvalue weighted by Crippen LogP contribution is -2.49. The molecule has 0 spiro atoms. The fourth-order valence-electron chi connectivity index (χ4n) is 3.19.